The average Bonchev–Trinajstić information content (AvgIpc) is 2.19. The summed E-state index contributed by atoms with van der Waals surface area (Å²) >= 11 is 0. The van der Waals surface area contributed by atoms with Gasteiger partial charge in [-0.05, 0) is 26.0 Å². The van der Waals surface area contributed by atoms with Crippen LogP contribution in [0.4, 0.5) is 5.69 Å². The zero-order valence-electron chi connectivity index (χ0n) is 9.12. The molecule has 0 aromatic heterocycles. The lowest BCUT2D eigenvalue weighted by molar-refractivity contribution is 0.797. The molecule has 0 aliphatic carbocycles. The molecule has 1 aromatic carbocycles. The van der Waals surface area contributed by atoms with Gasteiger partial charge in [0.1, 0.15) is 0 Å². The zero-order chi connectivity index (χ0) is 10.4. The molecule has 1 nitrogen and oxygen atoms in total. The van der Waals surface area contributed by atoms with Crippen LogP contribution in [-0.2, 0) is 0 Å². The third kappa shape index (κ3) is 2.81. The summed E-state index contributed by atoms with van der Waals surface area (Å²) < 4.78 is 0. The van der Waals surface area contributed by atoms with E-state index in [2.05, 4.69) is 49.8 Å². The first-order valence-electron chi connectivity index (χ1n) is 5.08. The fourth-order valence-electron chi connectivity index (χ4n) is 1.24. The number of benzene rings is 1. The molecule has 0 N–H and O–H groups in total. The highest BCUT2D eigenvalue weighted by atomic mass is 15.1. The molecule has 0 aliphatic rings. The van der Waals surface area contributed by atoms with Gasteiger partial charge in [-0.2, -0.15) is 0 Å². The molecule has 1 rings (SSSR count). The molecule has 0 amide bonds. The summed E-state index contributed by atoms with van der Waals surface area (Å²) in [6, 6.07) is 13.9. The Morgan fingerprint density at radius 2 is 1.86 bits per heavy atom. The normalized spacial score (nSPS) is 9.43. The monoisotopic (exact) mass is 187 g/mol. The van der Waals surface area contributed by atoms with Crippen LogP contribution in [0, 0.1) is 12.0 Å². The molecular formula is C13H17N. The van der Waals surface area contributed by atoms with E-state index in [1.165, 1.54) is 5.69 Å². The number of anilines is 1. The Kier molecular flexibility index (Phi) is 4.07. The van der Waals surface area contributed by atoms with Crippen molar-refractivity contribution in [3.63, 3.8) is 0 Å². The summed E-state index contributed by atoms with van der Waals surface area (Å²) in [5.41, 5.74) is 1.17. The van der Waals surface area contributed by atoms with Crippen LogP contribution >= 0.6 is 0 Å². The molecule has 0 saturated carbocycles. The van der Waals surface area contributed by atoms with E-state index >= 15 is 0 Å². The Bertz CT molecular complexity index is 316. The lowest BCUT2D eigenvalue weighted by Crippen LogP contribution is -2.25. The average molecular weight is 187 g/mol. The highest BCUT2D eigenvalue weighted by Crippen LogP contribution is 2.14. The molecule has 0 atom stereocenters. The molecule has 0 unspecified atom stereocenters. The van der Waals surface area contributed by atoms with Crippen molar-refractivity contribution in [2.24, 2.45) is 0 Å². The van der Waals surface area contributed by atoms with Crippen molar-refractivity contribution < 1.29 is 0 Å². The molecule has 1 aromatic rings. The molecule has 74 valence electrons. The van der Waals surface area contributed by atoms with Gasteiger partial charge in [-0.15, -0.1) is 0 Å². The van der Waals surface area contributed by atoms with Crippen LogP contribution in [-0.4, -0.2) is 6.04 Å². The van der Waals surface area contributed by atoms with E-state index in [0.717, 1.165) is 6.42 Å². The summed E-state index contributed by atoms with van der Waals surface area (Å²) in [7, 11) is 0. The first-order valence-corrected chi connectivity index (χ1v) is 5.08. The number of rotatable bonds is 2. The lowest BCUT2D eigenvalue weighted by atomic mass is 10.2. The quantitative estimate of drug-likeness (QED) is 0.507. The van der Waals surface area contributed by atoms with Crippen LogP contribution in [0.25, 0.3) is 0 Å². The van der Waals surface area contributed by atoms with E-state index < -0.39 is 0 Å². The van der Waals surface area contributed by atoms with Gasteiger partial charge in [-0.25, -0.2) is 0 Å². The molecule has 0 aliphatic heterocycles. The Morgan fingerprint density at radius 1 is 1.21 bits per heavy atom. The Balaban J connectivity index is 2.89. The summed E-state index contributed by atoms with van der Waals surface area (Å²) in [6.45, 7) is 6.37. The summed E-state index contributed by atoms with van der Waals surface area (Å²) in [5.74, 6) is 3.10. The van der Waals surface area contributed by atoms with Crippen LogP contribution in [0.3, 0.4) is 0 Å². The first-order chi connectivity index (χ1) is 6.75. The van der Waals surface area contributed by atoms with Gasteiger partial charge < -0.3 is 0 Å². The largest absolute Gasteiger partial charge is 0.299 e. The maximum Gasteiger partial charge on any atom is 0.0492 e. The maximum atomic E-state index is 3.17. The van der Waals surface area contributed by atoms with Crippen LogP contribution in [0.5, 0.6) is 0 Å². The highest BCUT2D eigenvalue weighted by Gasteiger charge is 2.05. The standard InChI is InChI=1S/C13H17N/c1-4-5-11-14(12(2)3)13-9-7-6-8-10-13/h6-10,12H,4H2,1-3H3. The Hall–Kier alpha value is -1.42. The van der Waals surface area contributed by atoms with E-state index in [4.69, 9.17) is 0 Å². The van der Waals surface area contributed by atoms with Crippen LogP contribution in [0.2, 0.25) is 0 Å². The van der Waals surface area contributed by atoms with Crippen molar-refractivity contribution in [3.8, 4) is 12.0 Å². The first kappa shape index (κ1) is 10.7. The van der Waals surface area contributed by atoms with Crippen molar-refractivity contribution in [3.05, 3.63) is 30.3 Å². The SMILES string of the molecule is CCC#CN(c1ccccc1)C(C)C. The van der Waals surface area contributed by atoms with E-state index in [0.29, 0.717) is 6.04 Å². The van der Waals surface area contributed by atoms with E-state index in [9.17, 15) is 0 Å². The third-order valence-electron chi connectivity index (χ3n) is 1.93. The van der Waals surface area contributed by atoms with Crippen molar-refractivity contribution >= 4 is 5.69 Å². The molecule has 0 spiro atoms. The number of para-hydroxylation sites is 1. The van der Waals surface area contributed by atoms with E-state index in [1.54, 1.807) is 0 Å². The van der Waals surface area contributed by atoms with E-state index in [1.807, 2.05) is 18.2 Å². The van der Waals surface area contributed by atoms with Crippen LogP contribution < -0.4 is 4.90 Å². The number of hydrogen-bond acceptors (Lipinski definition) is 1. The van der Waals surface area contributed by atoms with Crippen molar-refractivity contribution in [1.29, 1.82) is 0 Å². The van der Waals surface area contributed by atoms with Crippen molar-refractivity contribution in [2.75, 3.05) is 4.90 Å². The second-order valence-corrected chi connectivity index (χ2v) is 3.44. The minimum absolute atomic E-state index is 0.413. The van der Waals surface area contributed by atoms with Gasteiger partial charge in [-0.1, -0.05) is 31.0 Å². The Labute approximate surface area is 86.7 Å². The molecule has 0 fully saturated rings. The Morgan fingerprint density at radius 3 is 2.36 bits per heavy atom. The van der Waals surface area contributed by atoms with Crippen LogP contribution in [0.1, 0.15) is 27.2 Å². The molecule has 14 heavy (non-hydrogen) atoms. The van der Waals surface area contributed by atoms with Gasteiger partial charge in [0, 0.05) is 24.2 Å². The van der Waals surface area contributed by atoms with Crippen LogP contribution in [0.15, 0.2) is 30.3 Å². The van der Waals surface area contributed by atoms with Gasteiger partial charge in [0.25, 0.3) is 0 Å². The van der Waals surface area contributed by atoms with E-state index in [-0.39, 0.29) is 0 Å². The molecule has 0 saturated heterocycles. The van der Waals surface area contributed by atoms with Gasteiger partial charge in [0.2, 0.25) is 0 Å². The highest BCUT2D eigenvalue weighted by molar-refractivity contribution is 5.52. The molecule has 0 radical (unpaired) electrons. The third-order valence-corrected chi connectivity index (χ3v) is 1.93. The topological polar surface area (TPSA) is 3.24 Å². The molecule has 0 bridgehead atoms. The predicted molar refractivity (Wildman–Crippen MR) is 62.1 cm³/mol. The minimum Gasteiger partial charge on any atom is -0.299 e. The second-order valence-electron chi connectivity index (χ2n) is 3.44. The summed E-state index contributed by atoms with van der Waals surface area (Å²) in [5, 5.41) is 0. The summed E-state index contributed by atoms with van der Waals surface area (Å²) in [6.07, 6.45) is 0.899. The number of hydrogen-bond donors (Lipinski definition) is 0. The van der Waals surface area contributed by atoms with Gasteiger partial charge in [0.15, 0.2) is 0 Å². The van der Waals surface area contributed by atoms with Gasteiger partial charge >= 0.3 is 0 Å². The van der Waals surface area contributed by atoms with Gasteiger partial charge in [-0.3, -0.25) is 4.90 Å². The van der Waals surface area contributed by atoms with Crippen molar-refractivity contribution in [1.82, 2.24) is 0 Å². The predicted octanol–water partition coefficient (Wildman–Crippen LogP) is 3.27. The zero-order valence-corrected chi connectivity index (χ0v) is 9.12. The fraction of sp³-hybridized carbons (Fsp3) is 0.385. The smallest absolute Gasteiger partial charge is 0.0492 e. The fourth-order valence-corrected chi connectivity index (χ4v) is 1.24. The molecule has 1 heteroatoms. The minimum atomic E-state index is 0.413. The van der Waals surface area contributed by atoms with Gasteiger partial charge in [0.05, 0.1) is 0 Å². The van der Waals surface area contributed by atoms with Crippen molar-refractivity contribution in [2.45, 2.75) is 33.2 Å². The molecular weight excluding hydrogens is 170 g/mol. The molecule has 0 heterocycles. The lowest BCUT2D eigenvalue weighted by Gasteiger charge is -2.21. The summed E-state index contributed by atoms with van der Waals surface area (Å²) in [4.78, 5) is 2.10. The maximum absolute atomic E-state index is 3.17. The second kappa shape index (κ2) is 5.34. The number of nitrogens with zero attached hydrogens (tertiary/aromatic N) is 1.